The van der Waals surface area contributed by atoms with Crippen molar-refractivity contribution >= 4 is 29.1 Å². The summed E-state index contributed by atoms with van der Waals surface area (Å²) < 4.78 is 13.2. The largest absolute Gasteiger partial charge is 0.324 e. The van der Waals surface area contributed by atoms with Gasteiger partial charge in [0.2, 0.25) is 11.9 Å². The van der Waals surface area contributed by atoms with E-state index in [0.29, 0.717) is 23.4 Å². The van der Waals surface area contributed by atoms with Crippen LogP contribution in [0.2, 0.25) is 5.15 Å². The second-order valence-electron chi connectivity index (χ2n) is 7.55. The quantitative estimate of drug-likeness (QED) is 0.686. The van der Waals surface area contributed by atoms with Crippen molar-refractivity contribution in [2.45, 2.75) is 31.8 Å². The van der Waals surface area contributed by atoms with Crippen LogP contribution in [0, 0.1) is 18.7 Å². The first-order valence-electron chi connectivity index (χ1n) is 9.52. The standard InChI is InChI=1S/C20H17ClFN7O/c1-10-2-3-13(6-14(10)18-23-7-12(22)8-24-18)26-19(30)16-5-11-4-15(11)29(16)20-25-9-17(21)27-28-20/h2-3,6-9,11,15-16H,4-5H2,1H3,(H,26,30)/t11-,15?,16+/m0/s1. The van der Waals surface area contributed by atoms with E-state index in [9.17, 15) is 9.18 Å². The van der Waals surface area contributed by atoms with Gasteiger partial charge in [0.05, 0.1) is 18.6 Å². The highest BCUT2D eigenvalue weighted by molar-refractivity contribution is 6.29. The van der Waals surface area contributed by atoms with Gasteiger partial charge in [-0.05, 0) is 43.4 Å². The lowest BCUT2D eigenvalue weighted by Crippen LogP contribution is -2.43. The monoisotopic (exact) mass is 425 g/mol. The summed E-state index contributed by atoms with van der Waals surface area (Å²) in [6.45, 7) is 1.91. The minimum Gasteiger partial charge on any atom is -0.324 e. The smallest absolute Gasteiger partial charge is 0.247 e. The van der Waals surface area contributed by atoms with Gasteiger partial charge >= 0.3 is 0 Å². The summed E-state index contributed by atoms with van der Waals surface area (Å²) in [7, 11) is 0. The third-order valence-electron chi connectivity index (χ3n) is 5.53. The van der Waals surface area contributed by atoms with Gasteiger partial charge in [0.1, 0.15) is 6.04 Å². The number of benzene rings is 1. The van der Waals surface area contributed by atoms with E-state index in [1.807, 2.05) is 24.0 Å². The van der Waals surface area contributed by atoms with E-state index in [1.54, 1.807) is 6.07 Å². The van der Waals surface area contributed by atoms with Crippen LogP contribution in [-0.4, -0.2) is 43.1 Å². The molecule has 1 saturated carbocycles. The number of nitrogens with zero attached hydrogens (tertiary/aromatic N) is 6. The molecule has 1 saturated heterocycles. The molecule has 5 rings (SSSR count). The summed E-state index contributed by atoms with van der Waals surface area (Å²) in [6, 6.07) is 5.35. The van der Waals surface area contributed by atoms with Crippen LogP contribution in [0.15, 0.2) is 36.8 Å². The van der Waals surface area contributed by atoms with Crippen LogP contribution in [0.5, 0.6) is 0 Å². The number of piperidine rings is 1. The first kappa shape index (κ1) is 18.8. The number of carbonyl (C=O) groups excluding carboxylic acids is 1. The molecule has 3 aromatic rings. The molecule has 1 aliphatic heterocycles. The van der Waals surface area contributed by atoms with Gasteiger partial charge in [-0.25, -0.2) is 19.3 Å². The zero-order chi connectivity index (χ0) is 20.8. The van der Waals surface area contributed by atoms with E-state index >= 15 is 0 Å². The van der Waals surface area contributed by atoms with Crippen molar-refractivity contribution in [3.8, 4) is 11.4 Å². The highest BCUT2D eigenvalue weighted by Gasteiger charge is 2.55. The SMILES string of the molecule is Cc1ccc(NC(=O)[C@H]2C[C@@H]3CC3N2c2ncc(Cl)nn2)cc1-c1ncc(F)cn1. The molecule has 10 heteroatoms. The van der Waals surface area contributed by atoms with Gasteiger partial charge in [0, 0.05) is 17.3 Å². The third kappa shape index (κ3) is 3.45. The van der Waals surface area contributed by atoms with E-state index in [1.165, 1.54) is 6.20 Å². The lowest BCUT2D eigenvalue weighted by Gasteiger charge is -2.26. The van der Waals surface area contributed by atoms with Crippen molar-refractivity contribution in [2.24, 2.45) is 5.92 Å². The Balaban J connectivity index is 1.38. The summed E-state index contributed by atoms with van der Waals surface area (Å²) in [6.07, 6.45) is 5.43. The highest BCUT2D eigenvalue weighted by atomic mass is 35.5. The molecule has 1 amide bonds. The van der Waals surface area contributed by atoms with Crippen molar-refractivity contribution in [3.63, 3.8) is 0 Å². The van der Waals surface area contributed by atoms with Gasteiger partial charge in [-0.15, -0.1) is 10.2 Å². The molecule has 0 spiro atoms. The highest BCUT2D eigenvalue weighted by Crippen LogP contribution is 2.49. The number of hydrogen-bond acceptors (Lipinski definition) is 7. The molecule has 3 heterocycles. The number of carbonyl (C=O) groups is 1. The molecule has 30 heavy (non-hydrogen) atoms. The van der Waals surface area contributed by atoms with Gasteiger partial charge in [-0.2, -0.15) is 0 Å². The van der Waals surface area contributed by atoms with Crippen LogP contribution >= 0.6 is 11.6 Å². The number of halogens is 2. The van der Waals surface area contributed by atoms with Gasteiger partial charge in [0.25, 0.3) is 0 Å². The second kappa shape index (κ2) is 7.24. The fraction of sp³-hybridized carbons (Fsp3) is 0.300. The summed E-state index contributed by atoms with van der Waals surface area (Å²) in [5.74, 6) is 0.625. The number of amides is 1. The summed E-state index contributed by atoms with van der Waals surface area (Å²) in [5, 5.41) is 11.1. The van der Waals surface area contributed by atoms with E-state index in [2.05, 4.69) is 30.5 Å². The van der Waals surface area contributed by atoms with Crippen molar-refractivity contribution in [1.82, 2.24) is 25.1 Å². The molecule has 3 atom stereocenters. The Hall–Kier alpha value is -3.20. The molecule has 1 N–H and O–H groups in total. The van der Waals surface area contributed by atoms with Crippen LogP contribution in [0.4, 0.5) is 16.0 Å². The molecule has 2 aliphatic rings. The number of anilines is 2. The van der Waals surface area contributed by atoms with Gasteiger partial charge in [-0.1, -0.05) is 17.7 Å². The molecule has 8 nitrogen and oxygen atoms in total. The summed E-state index contributed by atoms with van der Waals surface area (Å²) in [5.41, 5.74) is 2.26. The molecule has 152 valence electrons. The number of aryl methyl sites for hydroxylation is 1. The molecule has 0 radical (unpaired) electrons. The molecule has 2 aromatic heterocycles. The Kier molecular flexibility index (Phi) is 4.54. The Bertz CT molecular complexity index is 1110. The first-order valence-corrected chi connectivity index (χ1v) is 9.90. The average molecular weight is 426 g/mol. The number of nitrogens with one attached hydrogen (secondary N) is 1. The topological polar surface area (TPSA) is 96.8 Å². The van der Waals surface area contributed by atoms with E-state index < -0.39 is 5.82 Å². The number of fused-ring (bicyclic) bond motifs is 1. The molecule has 2 fully saturated rings. The minimum absolute atomic E-state index is 0.143. The molecular weight excluding hydrogens is 409 g/mol. The molecule has 1 aromatic carbocycles. The zero-order valence-electron chi connectivity index (χ0n) is 16.0. The number of aromatic nitrogens is 5. The van der Waals surface area contributed by atoms with Crippen LogP contribution < -0.4 is 10.2 Å². The number of hydrogen-bond donors (Lipinski definition) is 1. The zero-order valence-corrected chi connectivity index (χ0v) is 16.7. The Morgan fingerprint density at radius 1 is 1.17 bits per heavy atom. The Morgan fingerprint density at radius 3 is 2.70 bits per heavy atom. The maximum atomic E-state index is 13.2. The summed E-state index contributed by atoms with van der Waals surface area (Å²) in [4.78, 5) is 27.3. The molecular formula is C20H17ClFN7O. The van der Waals surface area contributed by atoms with E-state index in [0.717, 1.165) is 36.4 Å². The molecule has 1 aliphatic carbocycles. The predicted octanol–water partition coefficient (Wildman–Crippen LogP) is 3.04. The van der Waals surface area contributed by atoms with Gasteiger partial charge < -0.3 is 10.2 Å². The lowest BCUT2D eigenvalue weighted by molar-refractivity contribution is -0.117. The van der Waals surface area contributed by atoms with Crippen LogP contribution in [0.3, 0.4) is 0 Å². The summed E-state index contributed by atoms with van der Waals surface area (Å²) >= 11 is 5.79. The maximum absolute atomic E-state index is 13.2. The predicted molar refractivity (Wildman–Crippen MR) is 108 cm³/mol. The van der Waals surface area contributed by atoms with Crippen molar-refractivity contribution in [2.75, 3.05) is 10.2 Å². The fourth-order valence-electron chi connectivity index (χ4n) is 3.97. The van der Waals surface area contributed by atoms with Crippen LogP contribution in [-0.2, 0) is 4.79 Å². The van der Waals surface area contributed by atoms with Crippen molar-refractivity contribution < 1.29 is 9.18 Å². The Morgan fingerprint density at radius 2 is 1.97 bits per heavy atom. The normalized spacial score (nSPS) is 22.0. The van der Waals surface area contributed by atoms with Gasteiger partial charge in [0.15, 0.2) is 16.8 Å². The van der Waals surface area contributed by atoms with E-state index in [-0.39, 0.29) is 23.1 Å². The Labute approximate surface area is 176 Å². The van der Waals surface area contributed by atoms with Crippen molar-refractivity contribution in [1.29, 1.82) is 0 Å². The van der Waals surface area contributed by atoms with E-state index in [4.69, 9.17) is 11.6 Å². The lowest BCUT2D eigenvalue weighted by atomic mass is 10.1. The van der Waals surface area contributed by atoms with Crippen LogP contribution in [0.1, 0.15) is 18.4 Å². The van der Waals surface area contributed by atoms with Gasteiger partial charge in [-0.3, -0.25) is 4.79 Å². The minimum atomic E-state index is -0.500. The molecule has 0 bridgehead atoms. The van der Waals surface area contributed by atoms with Crippen molar-refractivity contribution in [3.05, 3.63) is 53.3 Å². The number of rotatable bonds is 4. The fourth-order valence-corrected chi connectivity index (χ4v) is 4.06. The first-order chi connectivity index (χ1) is 14.5. The average Bonchev–Trinajstić information content (AvgIpc) is 3.41. The maximum Gasteiger partial charge on any atom is 0.247 e. The van der Waals surface area contributed by atoms with Crippen LogP contribution in [0.25, 0.3) is 11.4 Å². The third-order valence-corrected chi connectivity index (χ3v) is 5.70. The molecule has 1 unspecified atom stereocenters. The second-order valence-corrected chi connectivity index (χ2v) is 7.93.